The summed E-state index contributed by atoms with van der Waals surface area (Å²) in [5.74, 6) is 0.807. The van der Waals surface area contributed by atoms with Crippen LogP contribution in [-0.2, 0) is 19.3 Å². The largest absolute Gasteiger partial charge is 0.0985 e. The monoisotopic (exact) mass is 468 g/mol. The molecule has 1 saturated carbocycles. The molecule has 1 heteroatoms. The Kier molecular flexibility index (Phi) is 10.4. The number of aryl methyl sites for hydroxylation is 3. The molecule has 0 saturated heterocycles. The molecule has 0 aliphatic heterocycles. The molecule has 2 aromatic rings. The molecule has 0 bridgehead atoms. The Balaban J connectivity index is 0.00000155. The highest BCUT2D eigenvalue weighted by atomic mass is 79.9. The van der Waals surface area contributed by atoms with E-state index in [4.69, 9.17) is 0 Å². The van der Waals surface area contributed by atoms with Crippen LogP contribution in [0.4, 0.5) is 0 Å². The Bertz CT molecular complexity index is 740. The van der Waals surface area contributed by atoms with E-state index in [0.717, 1.165) is 31.6 Å². The minimum Gasteiger partial charge on any atom is -0.0985 e. The van der Waals surface area contributed by atoms with Crippen molar-refractivity contribution >= 4 is 15.9 Å². The molecular weight excluding hydrogens is 428 g/mol. The molecule has 0 aromatic heterocycles. The standard InChI is InChI=1S/C27H35Br.C2H6/c1-21(27(2,3)28)9-10-22-11-13-23(14-12-22)15-16-24-17-19-26(20-18-24)25-7-5-4-6-8-25;1-2/h11-14,17-20,25H,1,4-10,15-16H2,2-3H3;1-2H3. The SMILES string of the molecule is C=C(CCc1ccc(CCc2ccc(C3CCCCC3)cc2)cc1)C(C)(C)Br.CC. The summed E-state index contributed by atoms with van der Waals surface area (Å²) >= 11 is 3.70. The van der Waals surface area contributed by atoms with Gasteiger partial charge in [0.1, 0.15) is 0 Å². The van der Waals surface area contributed by atoms with Crippen molar-refractivity contribution in [1.29, 1.82) is 0 Å². The Morgan fingerprint density at radius 3 is 1.70 bits per heavy atom. The van der Waals surface area contributed by atoms with Crippen LogP contribution in [0.1, 0.15) is 94.4 Å². The van der Waals surface area contributed by atoms with Crippen molar-refractivity contribution in [1.82, 2.24) is 0 Å². The van der Waals surface area contributed by atoms with Gasteiger partial charge in [-0.3, -0.25) is 0 Å². The predicted octanol–water partition coefficient (Wildman–Crippen LogP) is 9.21. The average Bonchev–Trinajstić information content (AvgIpc) is 2.78. The first-order valence-corrected chi connectivity index (χ1v) is 12.7. The van der Waals surface area contributed by atoms with Crippen molar-refractivity contribution in [2.45, 2.75) is 95.7 Å². The number of hydrogen-bond donors (Lipinski definition) is 0. The summed E-state index contributed by atoms with van der Waals surface area (Å²) < 4.78 is 0.0273. The molecule has 2 aromatic carbocycles. The number of halogens is 1. The molecule has 0 atom stereocenters. The van der Waals surface area contributed by atoms with Gasteiger partial charge >= 0.3 is 0 Å². The zero-order chi connectivity index (χ0) is 22.0. The van der Waals surface area contributed by atoms with Crippen LogP contribution in [-0.4, -0.2) is 4.32 Å². The minimum absolute atomic E-state index is 0.0273. The summed E-state index contributed by atoms with van der Waals surface area (Å²) in [6.07, 6.45) is 11.3. The molecule has 0 nitrogen and oxygen atoms in total. The van der Waals surface area contributed by atoms with Gasteiger partial charge in [0.2, 0.25) is 0 Å². The molecule has 0 spiro atoms. The van der Waals surface area contributed by atoms with Crippen LogP contribution in [0.3, 0.4) is 0 Å². The second kappa shape index (κ2) is 12.5. The van der Waals surface area contributed by atoms with Gasteiger partial charge in [-0.2, -0.15) is 0 Å². The minimum atomic E-state index is 0.0273. The molecule has 0 unspecified atom stereocenters. The Morgan fingerprint density at radius 1 is 0.800 bits per heavy atom. The number of alkyl halides is 1. The third-order valence-corrected chi connectivity index (χ3v) is 6.90. The van der Waals surface area contributed by atoms with Crippen molar-refractivity contribution in [3.8, 4) is 0 Å². The molecule has 0 amide bonds. The first-order chi connectivity index (χ1) is 14.4. The average molecular weight is 470 g/mol. The number of allylic oxidation sites excluding steroid dienone is 1. The lowest BCUT2D eigenvalue weighted by Crippen LogP contribution is -2.12. The van der Waals surface area contributed by atoms with Gasteiger partial charge in [0, 0.05) is 4.32 Å². The van der Waals surface area contributed by atoms with Gasteiger partial charge in [-0.15, -0.1) is 0 Å². The highest BCUT2D eigenvalue weighted by Crippen LogP contribution is 2.32. The summed E-state index contributed by atoms with van der Waals surface area (Å²) in [4.78, 5) is 0. The van der Waals surface area contributed by atoms with Crippen molar-refractivity contribution in [2.24, 2.45) is 0 Å². The summed E-state index contributed by atoms with van der Waals surface area (Å²) in [5.41, 5.74) is 7.10. The van der Waals surface area contributed by atoms with Crippen LogP contribution in [0.15, 0.2) is 60.7 Å². The molecule has 3 rings (SSSR count). The van der Waals surface area contributed by atoms with Gasteiger partial charge in [0.15, 0.2) is 0 Å². The summed E-state index contributed by atoms with van der Waals surface area (Å²) in [6.45, 7) is 12.5. The molecule has 164 valence electrons. The molecule has 1 aliphatic carbocycles. The lowest BCUT2D eigenvalue weighted by atomic mass is 9.84. The Labute approximate surface area is 194 Å². The molecule has 0 N–H and O–H groups in total. The van der Waals surface area contributed by atoms with E-state index >= 15 is 0 Å². The van der Waals surface area contributed by atoms with Gasteiger partial charge in [0.25, 0.3) is 0 Å². The molecular formula is C29H41Br. The zero-order valence-electron chi connectivity index (χ0n) is 19.6. The maximum atomic E-state index is 4.21. The maximum absolute atomic E-state index is 4.21. The maximum Gasteiger partial charge on any atom is 0.0407 e. The highest BCUT2D eigenvalue weighted by molar-refractivity contribution is 9.10. The van der Waals surface area contributed by atoms with Gasteiger partial charge in [-0.05, 0) is 80.5 Å². The third-order valence-electron chi connectivity index (χ3n) is 6.34. The van der Waals surface area contributed by atoms with Crippen molar-refractivity contribution in [2.75, 3.05) is 0 Å². The van der Waals surface area contributed by atoms with Gasteiger partial charge in [0.05, 0.1) is 0 Å². The molecule has 30 heavy (non-hydrogen) atoms. The van der Waals surface area contributed by atoms with E-state index in [1.807, 2.05) is 13.8 Å². The summed E-state index contributed by atoms with van der Waals surface area (Å²) in [6, 6.07) is 18.6. The Morgan fingerprint density at radius 2 is 1.23 bits per heavy atom. The molecule has 0 radical (unpaired) electrons. The van der Waals surface area contributed by atoms with E-state index in [1.165, 1.54) is 54.4 Å². The van der Waals surface area contributed by atoms with Crippen LogP contribution in [0.2, 0.25) is 0 Å². The lowest BCUT2D eigenvalue weighted by molar-refractivity contribution is 0.443. The van der Waals surface area contributed by atoms with Crippen molar-refractivity contribution in [3.05, 3.63) is 82.9 Å². The molecule has 0 heterocycles. The van der Waals surface area contributed by atoms with Gasteiger partial charge in [-0.1, -0.05) is 110 Å². The van der Waals surface area contributed by atoms with E-state index in [0.29, 0.717) is 0 Å². The van der Waals surface area contributed by atoms with Crippen LogP contribution >= 0.6 is 15.9 Å². The van der Waals surface area contributed by atoms with E-state index in [-0.39, 0.29) is 4.32 Å². The van der Waals surface area contributed by atoms with Crippen LogP contribution in [0, 0.1) is 0 Å². The second-order valence-electron chi connectivity index (χ2n) is 8.97. The number of benzene rings is 2. The van der Waals surface area contributed by atoms with E-state index in [2.05, 4.69) is 84.9 Å². The topological polar surface area (TPSA) is 0 Å². The summed E-state index contributed by atoms with van der Waals surface area (Å²) in [5, 5.41) is 0. The number of rotatable bonds is 8. The van der Waals surface area contributed by atoms with Gasteiger partial charge in [-0.25, -0.2) is 0 Å². The van der Waals surface area contributed by atoms with Crippen LogP contribution in [0.5, 0.6) is 0 Å². The fourth-order valence-electron chi connectivity index (χ4n) is 4.15. The predicted molar refractivity (Wildman–Crippen MR) is 138 cm³/mol. The van der Waals surface area contributed by atoms with Gasteiger partial charge < -0.3 is 0 Å². The summed E-state index contributed by atoms with van der Waals surface area (Å²) in [7, 11) is 0. The lowest BCUT2D eigenvalue weighted by Gasteiger charge is -2.22. The fraction of sp³-hybridized carbons (Fsp3) is 0.517. The zero-order valence-corrected chi connectivity index (χ0v) is 21.2. The van der Waals surface area contributed by atoms with Crippen molar-refractivity contribution in [3.63, 3.8) is 0 Å². The fourth-order valence-corrected chi connectivity index (χ4v) is 4.34. The highest BCUT2D eigenvalue weighted by Gasteiger charge is 2.17. The molecule has 1 aliphatic rings. The normalized spacial score (nSPS) is 14.7. The third kappa shape index (κ3) is 8.06. The molecule has 1 fully saturated rings. The smallest absolute Gasteiger partial charge is 0.0407 e. The van der Waals surface area contributed by atoms with E-state index in [9.17, 15) is 0 Å². The first kappa shape index (κ1) is 24.9. The Hall–Kier alpha value is -1.34. The number of hydrogen-bond acceptors (Lipinski definition) is 0. The quantitative estimate of drug-likeness (QED) is 0.267. The van der Waals surface area contributed by atoms with E-state index in [1.54, 1.807) is 5.56 Å². The van der Waals surface area contributed by atoms with Crippen molar-refractivity contribution < 1.29 is 0 Å². The first-order valence-electron chi connectivity index (χ1n) is 12.0. The van der Waals surface area contributed by atoms with E-state index < -0.39 is 0 Å². The van der Waals surface area contributed by atoms with Crippen LogP contribution in [0.25, 0.3) is 0 Å². The van der Waals surface area contributed by atoms with Crippen LogP contribution < -0.4 is 0 Å². The second-order valence-corrected chi connectivity index (χ2v) is 11.0.